The molecule has 0 aliphatic heterocycles. The molecule has 3 heteroatoms. The van der Waals surface area contributed by atoms with Gasteiger partial charge in [-0.3, -0.25) is 4.98 Å². The molecular weight excluding hydrogens is 204 g/mol. The lowest BCUT2D eigenvalue weighted by Gasteiger charge is -2.15. The van der Waals surface area contributed by atoms with E-state index in [4.69, 9.17) is 0 Å². The van der Waals surface area contributed by atoms with E-state index in [1.807, 2.05) is 6.20 Å². The summed E-state index contributed by atoms with van der Waals surface area (Å²) in [5.41, 5.74) is 1.16. The maximum absolute atomic E-state index is 4.49. The molecule has 1 atom stereocenters. The summed E-state index contributed by atoms with van der Waals surface area (Å²) >= 11 is 1.73. The van der Waals surface area contributed by atoms with Crippen LogP contribution in [0.4, 0.5) is 0 Å². The first-order valence-corrected chi connectivity index (χ1v) is 6.77. The number of pyridine rings is 1. The molecule has 0 spiro atoms. The van der Waals surface area contributed by atoms with Gasteiger partial charge >= 0.3 is 0 Å². The third-order valence-electron chi connectivity index (χ3n) is 2.40. The van der Waals surface area contributed by atoms with Crippen LogP contribution in [0.25, 0.3) is 0 Å². The van der Waals surface area contributed by atoms with Crippen molar-refractivity contribution in [1.29, 1.82) is 0 Å². The molecule has 2 nitrogen and oxygen atoms in total. The number of hydrogen-bond donors (Lipinski definition) is 1. The summed E-state index contributed by atoms with van der Waals surface area (Å²) in [4.78, 5) is 5.72. The van der Waals surface area contributed by atoms with Gasteiger partial charge in [-0.05, 0) is 37.8 Å². The Hall–Kier alpha value is -0.540. The van der Waals surface area contributed by atoms with Crippen molar-refractivity contribution in [2.75, 3.05) is 12.8 Å². The van der Waals surface area contributed by atoms with Gasteiger partial charge in [0, 0.05) is 17.1 Å². The lowest BCUT2D eigenvalue weighted by Crippen LogP contribution is -2.22. The molecule has 0 aliphatic rings. The highest BCUT2D eigenvalue weighted by Gasteiger charge is 2.08. The van der Waals surface area contributed by atoms with Gasteiger partial charge in [0.05, 0.1) is 5.69 Å². The fourth-order valence-corrected chi connectivity index (χ4v) is 1.86. The second-order valence-corrected chi connectivity index (χ2v) is 4.42. The molecule has 0 radical (unpaired) electrons. The number of nitrogens with one attached hydrogen (secondary N) is 1. The van der Waals surface area contributed by atoms with Gasteiger partial charge in [0.1, 0.15) is 0 Å². The topological polar surface area (TPSA) is 24.9 Å². The van der Waals surface area contributed by atoms with E-state index in [0.29, 0.717) is 6.04 Å². The van der Waals surface area contributed by atoms with Gasteiger partial charge in [0.25, 0.3) is 0 Å². The Kier molecular flexibility index (Phi) is 5.73. The van der Waals surface area contributed by atoms with Gasteiger partial charge in [-0.1, -0.05) is 13.8 Å². The van der Waals surface area contributed by atoms with Crippen molar-refractivity contribution in [3.8, 4) is 0 Å². The average molecular weight is 224 g/mol. The second-order valence-electron chi connectivity index (χ2n) is 3.54. The summed E-state index contributed by atoms with van der Waals surface area (Å²) < 4.78 is 0. The maximum atomic E-state index is 4.49. The molecule has 1 N–H and O–H groups in total. The van der Waals surface area contributed by atoms with E-state index in [1.165, 1.54) is 11.3 Å². The highest BCUT2D eigenvalue weighted by Crippen LogP contribution is 2.18. The predicted molar refractivity (Wildman–Crippen MR) is 67.3 cm³/mol. The summed E-state index contributed by atoms with van der Waals surface area (Å²) in [7, 11) is 0. The summed E-state index contributed by atoms with van der Waals surface area (Å²) in [6, 6.07) is 4.67. The van der Waals surface area contributed by atoms with Crippen LogP contribution in [0.2, 0.25) is 0 Å². The van der Waals surface area contributed by atoms with Crippen molar-refractivity contribution in [3.05, 3.63) is 24.0 Å². The number of thioether (sulfide) groups is 1. The standard InChI is InChI=1S/C12H20N2S/c1-4-8-13-11(5-2)12-7-6-10(15-3)9-14-12/h6-7,9,11,13H,4-5,8H2,1-3H3. The van der Waals surface area contributed by atoms with Crippen molar-refractivity contribution in [3.63, 3.8) is 0 Å². The van der Waals surface area contributed by atoms with Gasteiger partial charge in [-0.25, -0.2) is 0 Å². The van der Waals surface area contributed by atoms with Crippen LogP contribution in [0.5, 0.6) is 0 Å². The first-order valence-electron chi connectivity index (χ1n) is 5.55. The highest BCUT2D eigenvalue weighted by molar-refractivity contribution is 7.98. The molecule has 1 heterocycles. The Morgan fingerprint density at radius 1 is 1.40 bits per heavy atom. The van der Waals surface area contributed by atoms with E-state index in [2.05, 4.69) is 42.5 Å². The van der Waals surface area contributed by atoms with Crippen LogP contribution in [-0.4, -0.2) is 17.8 Å². The molecule has 0 saturated carbocycles. The lowest BCUT2D eigenvalue weighted by atomic mass is 10.1. The van der Waals surface area contributed by atoms with Gasteiger partial charge in [0.2, 0.25) is 0 Å². The summed E-state index contributed by atoms with van der Waals surface area (Å²) in [6.45, 7) is 5.44. The van der Waals surface area contributed by atoms with Crippen LogP contribution in [0.15, 0.2) is 23.2 Å². The van der Waals surface area contributed by atoms with Gasteiger partial charge in [0.15, 0.2) is 0 Å². The molecule has 1 aromatic heterocycles. The molecule has 0 fully saturated rings. The van der Waals surface area contributed by atoms with Crippen molar-refractivity contribution in [2.45, 2.75) is 37.6 Å². The first kappa shape index (κ1) is 12.5. The van der Waals surface area contributed by atoms with E-state index in [0.717, 1.165) is 18.7 Å². The fourth-order valence-electron chi connectivity index (χ4n) is 1.50. The van der Waals surface area contributed by atoms with Crippen LogP contribution in [0.3, 0.4) is 0 Å². The molecule has 0 aliphatic carbocycles. The summed E-state index contributed by atoms with van der Waals surface area (Å²) in [5.74, 6) is 0. The number of nitrogens with zero attached hydrogens (tertiary/aromatic N) is 1. The van der Waals surface area contributed by atoms with Crippen molar-refractivity contribution in [2.24, 2.45) is 0 Å². The molecule has 1 rings (SSSR count). The molecule has 0 saturated heterocycles. The zero-order valence-electron chi connectivity index (χ0n) is 9.79. The van der Waals surface area contributed by atoms with E-state index in [-0.39, 0.29) is 0 Å². The predicted octanol–water partition coefficient (Wildman–Crippen LogP) is 3.25. The zero-order chi connectivity index (χ0) is 11.1. The molecular formula is C12H20N2S. The van der Waals surface area contributed by atoms with Gasteiger partial charge < -0.3 is 5.32 Å². The SMILES string of the molecule is CCCNC(CC)c1ccc(SC)cn1. The average Bonchev–Trinajstić information content (AvgIpc) is 2.31. The van der Waals surface area contributed by atoms with Gasteiger partial charge in [-0.15, -0.1) is 11.8 Å². The van der Waals surface area contributed by atoms with Crippen LogP contribution < -0.4 is 5.32 Å². The Morgan fingerprint density at radius 3 is 2.67 bits per heavy atom. The molecule has 0 aromatic carbocycles. The van der Waals surface area contributed by atoms with E-state index in [1.54, 1.807) is 11.8 Å². The highest BCUT2D eigenvalue weighted by atomic mass is 32.2. The maximum Gasteiger partial charge on any atom is 0.0573 e. The minimum Gasteiger partial charge on any atom is -0.309 e. The Labute approximate surface area is 96.9 Å². The molecule has 0 amide bonds. The minimum absolute atomic E-state index is 0.404. The third kappa shape index (κ3) is 3.84. The Morgan fingerprint density at radius 2 is 2.20 bits per heavy atom. The first-order chi connectivity index (χ1) is 7.31. The lowest BCUT2D eigenvalue weighted by molar-refractivity contribution is 0.507. The molecule has 1 aromatic rings. The number of rotatable bonds is 6. The van der Waals surface area contributed by atoms with Crippen LogP contribution in [0.1, 0.15) is 38.4 Å². The molecule has 0 bridgehead atoms. The second kappa shape index (κ2) is 6.85. The third-order valence-corrected chi connectivity index (χ3v) is 3.11. The van der Waals surface area contributed by atoms with Gasteiger partial charge in [-0.2, -0.15) is 0 Å². The van der Waals surface area contributed by atoms with Crippen molar-refractivity contribution >= 4 is 11.8 Å². The molecule has 15 heavy (non-hydrogen) atoms. The van der Waals surface area contributed by atoms with Crippen LogP contribution in [-0.2, 0) is 0 Å². The Bertz CT molecular complexity index is 271. The number of hydrogen-bond acceptors (Lipinski definition) is 3. The van der Waals surface area contributed by atoms with Crippen molar-refractivity contribution < 1.29 is 0 Å². The Balaban J connectivity index is 2.65. The van der Waals surface area contributed by atoms with Crippen LogP contribution in [0, 0.1) is 0 Å². The van der Waals surface area contributed by atoms with E-state index < -0.39 is 0 Å². The zero-order valence-corrected chi connectivity index (χ0v) is 10.6. The van der Waals surface area contributed by atoms with Crippen LogP contribution >= 0.6 is 11.8 Å². The van der Waals surface area contributed by atoms with E-state index in [9.17, 15) is 0 Å². The quantitative estimate of drug-likeness (QED) is 0.751. The van der Waals surface area contributed by atoms with E-state index >= 15 is 0 Å². The fraction of sp³-hybridized carbons (Fsp3) is 0.583. The molecule has 1 unspecified atom stereocenters. The molecule has 84 valence electrons. The normalized spacial score (nSPS) is 12.7. The monoisotopic (exact) mass is 224 g/mol. The minimum atomic E-state index is 0.404. The van der Waals surface area contributed by atoms with Crippen molar-refractivity contribution in [1.82, 2.24) is 10.3 Å². The summed E-state index contributed by atoms with van der Waals surface area (Å²) in [5, 5.41) is 3.50. The number of aromatic nitrogens is 1. The largest absolute Gasteiger partial charge is 0.309 e. The smallest absolute Gasteiger partial charge is 0.0573 e. The summed E-state index contributed by atoms with van der Waals surface area (Å²) in [6.07, 6.45) is 6.28.